The van der Waals surface area contributed by atoms with Gasteiger partial charge in [-0.25, -0.2) is 18.4 Å². The second kappa shape index (κ2) is 17.1. The summed E-state index contributed by atoms with van der Waals surface area (Å²) in [6, 6.07) is 2.13. The van der Waals surface area contributed by atoms with Gasteiger partial charge < -0.3 is 15.8 Å². The highest BCUT2D eigenvalue weighted by Crippen LogP contribution is 2.48. The number of rotatable bonds is 15. The van der Waals surface area contributed by atoms with Gasteiger partial charge in [-0.2, -0.15) is 10.2 Å². The molecular formula is C39H59F2N7O3Si. The van der Waals surface area contributed by atoms with E-state index in [-0.39, 0.29) is 59.1 Å². The smallest absolute Gasteiger partial charge is 0.267 e. The van der Waals surface area contributed by atoms with Crippen molar-refractivity contribution in [1.82, 2.24) is 24.5 Å². The third kappa shape index (κ3) is 9.18. The van der Waals surface area contributed by atoms with Crippen molar-refractivity contribution in [2.45, 2.75) is 143 Å². The minimum atomic E-state index is -2.83. The van der Waals surface area contributed by atoms with E-state index in [0.29, 0.717) is 29.1 Å². The Morgan fingerprint density at radius 2 is 1.60 bits per heavy atom. The van der Waals surface area contributed by atoms with Gasteiger partial charge in [0.05, 0.1) is 17.8 Å². The molecule has 3 aromatic rings. The summed E-state index contributed by atoms with van der Waals surface area (Å²) in [5.41, 5.74) is 8.65. The van der Waals surface area contributed by atoms with Gasteiger partial charge in [-0.3, -0.25) is 14.3 Å². The van der Waals surface area contributed by atoms with Crippen LogP contribution >= 0.6 is 0 Å². The summed E-state index contributed by atoms with van der Waals surface area (Å²) in [7, 11) is -1.27. The molecule has 2 saturated carbocycles. The van der Waals surface area contributed by atoms with Crippen molar-refractivity contribution in [2.24, 2.45) is 23.5 Å². The Balaban J connectivity index is 1.51. The van der Waals surface area contributed by atoms with Gasteiger partial charge in [0.15, 0.2) is 0 Å². The van der Waals surface area contributed by atoms with Crippen molar-refractivity contribution in [3.8, 4) is 11.1 Å². The Hall–Kier alpha value is -3.45. The van der Waals surface area contributed by atoms with Crippen molar-refractivity contribution in [3.05, 3.63) is 46.7 Å². The molecule has 2 amide bonds. The highest BCUT2D eigenvalue weighted by molar-refractivity contribution is 6.76. The number of primary amides is 1. The molecular weight excluding hydrogens is 681 g/mol. The summed E-state index contributed by atoms with van der Waals surface area (Å²) in [6.07, 6.45) is 10.9. The van der Waals surface area contributed by atoms with Crippen LogP contribution in [-0.4, -0.2) is 51.0 Å². The minimum Gasteiger partial charge on any atom is -0.364 e. The summed E-state index contributed by atoms with van der Waals surface area (Å²) in [5.74, 6) is -1.21. The second-order valence-corrected chi connectivity index (χ2v) is 22.2. The summed E-state index contributed by atoms with van der Waals surface area (Å²) >= 11 is 0. The Labute approximate surface area is 308 Å². The fraction of sp³-hybridized carbons (Fsp3) is 0.667. The molecule has 1 unspecified atom stereocenters. The predicted octanol–water partition coefficient (Wildman–Crippen LogP) is 9.19. The SMILES string of the molecule is Cc1nn(COCC[Si](C)(C)C)c(C)c1-c1cnc(NC(=O)C(c2cnn(C(C)C)c2C(N)=O)C(C2CCCCC2)C2CCCCC2)cc1C(F)F. The molecule has 2 fully saturated rings. The number of carbonyl (C=O) groups is 2. The Morgan fingerprint density at radius 3 is 2.13 bits per heavy atom. The molecule has 3 aromatic heterocycles. The van der Waals surface area contributed by atoms with Crippen LogP contribution in [0.2, 0.25) is 25.7 Å². The van der Waals surface area contributed by atoms with E-state index in [1.165, 1.54) is 25.1 Å². The fourth-order valence-electron chi connectivity index (χ4n) is 8.62. The quantitative estimate of drug-likeness (QED) is 0.118. The molecule has 10 nitrogen and oxygen atoms in total. The van der Waals surface area contributed by atoms with E-state index >= 15 is 0 Å². The molecule has 2 aliphatic rings. The highest BCUT2D eigenvalue weighted by Gasteiger charge is 2.43. The molecule has 3 N–H and O–H groups in total. The second-order valence-electron chi connectivity index (χ2n) is 16.5. The largest absolute Gasteiger partial charge is 0.364 e. The summed E-state index contributed by atoms with van der Waals surface area (Å²) < 4.78 is 39.0. The summed E-state index contributed by atoms with van der Waals surface area (Å²) in [4.78, 5) is 32.4. The number of anilines is 1. The van der Waals surface area contributed by atoms with Crippen molar-refractivity contribution in [1.29, 1.82) is 0 Å². The molecule has 3 heterocycles. The lowest BCUT2D eigenvalue weighted by Crippen LogP contribution is -2.39. The molecule has 0 aliphatic heterocycles. The molecule has 0 spiro atoms. The van der Waals surface area contributed by atoms with Crippen LogP contribution < -0.4 is 11.1 Å². The standard InChI is InChI=1S/C39H59F2N7O3Si/c1-24(2)48-36(38(42)49)31(22-44-48)35(34(27-14-10-8-11-15-27)28-16-12-9-13-17-28)39(50)45-32-20-29(37(40)41)30(21-43-32)33-25(3)46-47(26(33)4)23-51-18-19-52(5,6)7/h20-22,24,27-28,34-35,37H,8-19,23H2,1-7H3,(H2,42,49)(H,43,45,50). The lowest BCUT2D eigenvalue weighted by molar-refractivity contribution is -0.120. The van der Waals surface area contributed by atoms with Crippen LogP contribution in [0.3, 0.4) is 0 Å². The van der Waals surface area contributed by atoms with Gasteiger partial charge >= 0.3 is 0 Å². The van der Waals surface area contributed by atoms with Gasteiger partial charge in [-0.1, -0.05) is 83.8 Å². The third-order valence-electron chi connectivity index (χ3n) is 11.2. The van der Waals surface area contributed by atoms with Crippen molar-refractivity contribution < 1.29 is 23.1 Å². The molecule has 2 aliphatic carbocycles. The zero-order valence-electron chi connectivity index (χ0n) is 32.2. The first kappa shape index (κ1) is 39.7. The van der Waals surface area contributed by atoms with Gasteiger partial charge in [-0.15, -0.1) is 0 Å². The number of halogens is 2. The number of carbonyl (C=O) groups excluding carboxylic acids is 2. The first-order valence-electron chi connectivity index (χ1n) is 19.3. The van der Waals surface area contributed by atoms with E-state index in [1.54, 1.807) is 22.5 Å². The number of alkyl halides is 2. The number of ether oxygens (including phenoxy) is 1. The van der Waals surface area contributed by atoms with Gasteiger partial charge in [0.2, 0.25) is 5.91 Å². The molecule has 52 heavy (non-hydrogen) atoms. The number of nitrogens with zero attached hydrogens (tertiary/aromatic N) is 5. The maximum atomic E-state index is 14.9. The van der Waals surface area contributed by atoms with Gasteiger partial charge in [0.1, 0.15) is 18.2 Å². The monoisotopic (exact) mass is 739 g/mol. The van der Waals surface area contributed by atoms with Crippen LogP contribution in [0.25, 0.3) is 11.1 Å². The van der Waals surface area contributed by atoms with Crippen LogP contribution in [0.1, 0.15) is 129 Å². The van der Waals surface area contributed by atoms with Crippen molar-refractivity contribution in [2.75, 3.05) is 11.9 Å². The Bertz CT molecular complexity index is 1670. The summed E-state index contributed by atoms with van der Waals surface area (Å²) in [6.45, 7) is 15.2. The molecule has 0 aromatic carbocycles. The van der Waals surface area contributed by atoms with E-state index in [4.69, 9.17) is 10.5 Å². The topological polar surface area (TPSA) is 130 Å². The highest BCUT2D eigenvalue weighted by atomic mass is 28.3. The van der Waals surface area contributed by atoms with Crippen LogP contribution in [0, 0.1) is 31.6 Å². The lowest BCUT2D eigenvalue weighted by atomic mass is 9.63. The molecule has 1 atom stereocenters. The fourth-order valence-corrected chi connectivity index (χ4v) is 9.37. The van der Waals surface area contributed by atoms with E-state index in [2.05, 4.69) is 40.1 Å². The van der Waals surface area contributed by atoms with Gasteiger partial charge in [0.25, 0.3) is 12.3 Å². The predicted molar refractivity (Wildman–Crippen MR) is 203 cm³/mol. The maximum absolute atomic E-state index is 14.9. The van der Waals surface area contributed by atoms with Gasteiger partial charge in [-0.05, 0) is 57.6 Å². The molecule has 13 heteroatoms. The van der Waals surface area contributed by atoms with Crippen molar-refractivity contribution in [3.63, 3.8) is 0 Å². The molecule has 286 valence electrons. The van der Waals surface area contributed by atoms with Crippen LogP contribution in [0.5, 0.6) is 0 Å². The zero-order chi connectivity index (χ0) is 37.7. The van der Waals surface area contributed by atoms with E-state index in [0.717, 1.165) is 57.4 Å². The van der Waals surface area contributed by atoms with Crippen molar-refractivity contribution >= 4 is 25.7 Å². The molecule has 0 bridgehead atoms. The minimum absolute atomic E-state index is 0.0364. The zero-order valence-corrected chi connectivity index (χ0v) is 33.2. The summed E-state index contributed by atoms with van der Waals surface area (Å²) in [5, 5.41) is 12.1. The average molecular weight is 740 g/mol. The number of nitrogens with two attached hydrogens (primary N) is 1. The number of hydrogen-bond donors (Lipinski definition) is 2. The lowest BCUT2D eigenvalue weighted by Gasteiger charge is -2.42. The maximum Gasteiger partial charge on any atom is 0.267 e. The normalized spacial score (nSPS) is 17.0. The number of aromatic nitrogens is 5. The number of aryl methyl sites for hydroxylation is 1. The number of pyridine rings is 1. The van der Waals surface area contributed by atoms with E-state index in [1.807, 2.05) is 20.8 Å². The van der Waals surface area contributed by atoms with Gasteiger partial charge in [0, 0.05) is 54.9 Å². The molecule has 0 saturated heterocycles. The first-order chi connectivity index (χ1) is 24.7. The number of hydrogen-bond acceptors (Lipinski definition) is 6. The van der Waals surface area contributed by atoms with Crippen LogP contribution in [0.4, 0.5) is 14.6 Å². The number of nitrogens with one attached hydrogen (secondary N) is 1. The Morgan fingerprint density at radius 1 is 0.981 bits per heavy atom. The average Bonchev–Trinajstić information content (AvgIpc) is 3.66. The Kier molecular flexibility index (Phi) is 13.1. The first-order valence-corrected chi connectivity index (χ1v) is 23.0. The van der Waals surface area contributed by atoms with Crippen LogP contribution in [-0.2, 0) is 16.3 Å². The van der Waals surface area contributed by atoms with E-state index in [9.17, 15) is 18.4 Å². The van der Waals surface area contributed by atoms with Crippen LogP contribution in [0.15, 0.2) is 18.5 Å². The molecule has 5 rings (SSSR count). The van der Waals surface area contributed by atoms with E-state index < -0.39 is 26.3 Å². The third-order valence-corrected chi connectivity index (χ3v) is 12.9. The number of amides is 2. The molecule has 0 radical (unpaired) electrons.